The molecule has 0 saturated carbocycles. The molecule has 0 amide bonds. The molecule has 0 spiro atoms. The van der Waals surface area contributed by atoms with Crippen LogP contribution in [0.15, 0.2) is 138 Å². The molecule has 0 N–H and O–H groups in total. The quantitative estimate of drug-likeness (QED) is 0.157. The molecule has 246 valence electrons. The third-order valence-corrected chi connectivity index (χ3v) is 13.7. The first kappa shape index (κ1) is 30.9. The van der Waals surface area contributed by atoms with Crippen LogP contribution in [-0.4, -0.2) is 4.01 Å². The summed E-state index contributed by atoms with van der Waals surface area (Å²) < 4.78 is 4.79. The first-order valence-corrected chi connectivity index (χ1v) is 20.6. The highest BCUT2D eigenvalue weighted by Gasteiger charge is 2.41. The van der Waals surface area contributed by atoms with E-state index in [-0.39, 0.29) is 31.6 Å². The predicted octanol–water partition coefficient (Wildman–Crippen LogP) is 13.4. The summed E-state index contributed by atoms with van der Waals surface area (Å²) in [6.45, 7) is 9.46. The van der Waals surface area contributed by atoms with Gasteiger partial charge in [0.1, 0.15) is 0 Å². The summed E-state index contributed by atoms with van der Waals surface area (Å²) in [7, 11) is 0. The van der Waals surface area contributed by atoms with Gasteiger partial charge in [0.25, 0.3) is 0 Å². The van der Waals surface area contributed by atoms with Crippen LogP contribution in [0.25, 0.3) is 61.4 Å². The highest BCUT2D eigenvalue weighted by Crippen LogP contribution is 2.55. The number of halogens is 1. The Kier molecular flexibility index (Phi) is 6.86. The molecule has 51 heavy (non-hydrogen) atoms. The van der Waals surface area contributed by atoms with Crippen LogP contribution in [0.2, 0.25) is 0 Å². The molecule has 1 aliphatic heterocycles. The van der Waals surface area contributed by atoms with E-state index in [0.29, 0.717) is 0 Å². The molecule has 0 fully saturated rings. The predicted molar refractivity (Wildman–Crippen MR) is 227 cm³/mol. The zero-order valence-corrected chi connectivity index (χ0v) is 31.7. The molecule has 0 nitrogen and oxygen atoms in total. The van der Waals surface area contributed by atoms with Crippen molar-refractivity contribution in [1.29, 1.82) is 0 Å². The Morgan fingerprint density at radius 3 is 2.18 bits per heavy atom. The Labute approximate surface area is 311 Å². The molecule has 1 heterocycles. The van der Waals surface area contributed by atoms with Crippen molar-refractivity contribution in [1.82, 2.24) is 0 Å². The fourth-order valence-corrected chi connectivity index (χ4v) is 11.1. The second-order valence-corrected chi connectivity index (χ2v) is 17.5. The Morgan fingerprint density at radius 1 is 0.510 bits per heavy atom. The Hall–Kier alpha value is -4.86. The van der Waals surface area contributed by atoms with Gasteiger partial charge in [-0.1, -0.05) is 162 Å². The van der Waals surface area contributed by atoms with Crippen molar-refractivity contribution in [3.05, 3.63) is 182 Å². The summed E-state index contributed by atoms with van der Waals surface area (Å²) in [5.74, 6) is 0. The standard InChI is InChI=1S/C50H39I/c1-31-12-14-34-27-38(17-15-33(34)24-31)40-9-7-10-43-44-25-32(13-21-45(44)49(2,3)48(40)43)29-50(4)46-11-6-5-8-41(46)42-20-19-36(28-47(42)50)35-16-18-39-30-51-23-22-37(39)26-35/h5-28,30H,29H2,1-4H3. The topological polar surface area (TPSA) is 0 Å². The number of rotatable bonds is 4. The third kappa shape index (κ3) is 4.74. The highest BCUT2D eigenvalue weighted by molar-refractivity contribution is 14.2. The molecule has 3 aliphatic rings. The monoisotopic (exact) mass is 766 g/mol. The normalized spacial score (nSPS) is 17.3. The minimum Gasteiger partial charge on any atom is -0.0931 e. The van der Waals surface area contributed by atoms with E-state index in [4.69, 9.17) is 0 Å². The zero-order valence-electron chi connectivity index (χ0n) is 29.5. The molecular formula is C50H39I. The van der Waals surface area contributed by atoms with Crippen LogP contribution < -0.4 is 0 Å². The molecule has 1 atom stereocenters. The highest BCUT2D eigenvalue weighted by atomic mass is 127. The number of aryl methyl sites for hydroxylation is 1. The van der Waals surface area contributed by atoms with Crippen LogP contribution in [0, 0.1) is 6.92 Å². The van der Waals surface area contributed by atoms with E-state index in [2.05, 4.69) is 175 Å². The van der Waals surface area contributed by atoms with Gasteiger partial charge < -0.3 is 0 Å². The van der Waals surface area contributed by atoms with Gasteiger partial charge >= 0.3 is 0 Å². The Balaban J connectivity index is 1.07. The molecule has 0 bridgehead atoms. The van der Waals surface area contributed by atoms with E-state index in [0.717, 1.165) is 6.42 Å². The average molecular weight is 767 g/mol. The second-order valence-electron chi connectivity index (χ2n) is 15.5. The summed E-state index contributed by atoms with van der Waals surface area (Å²) in [5.41, 5.74) is 21.6. The van der Waals surface area contributed by atoms with Crippen LogP contribution in [0.1, 0.15) is 65.3 Å². The molecule has 1 unspecified atom stereocenters. The van der Waals surface area contributed by atoms with Gasteiger partial charge in [-0.05, 0) is 140 Å². The second kappa shape index (κ2) is 11.3. The maximum absolute atomic E-state index is 2.51. The fourth-order valence-electron chi connectivity index (χ4n) is 9.39. The summed E-state index contributed by atoms with van der Waals surface area (Å²) in [5, 5.41) is 2.59. The Bertz CT molecular complexity index is 2670. The van der Waals surface area contributed by atoms with Crippen LogP contribution in [0.4, 0.5) is 0 Å². The average Bonchev–Trinajstić information content (AvgIpc) is 3.54. The van der Waals surface area contributed by atoms with Crippen molar-refractivity contribution in [2.24, 2.45) is 0 Å². The first-order valence-electron chi connectivity index (χ1n) is 18.1. The minimum absolute atomic E-state index is 0.0437. The van der Waals surface area contributed by atoms with Crippen molar-refractivity contribution in [2.75, 3.05) is 0 Å². The summed E-state index contributed by atoms with van der Waals surface area (Å²) >= 11 is 0.0437. The van der Waals surface area contributed by atoms with Crippen molar-refractivity contribution >= 4 is 41.6 Å². The Morgan fingerprint density at radius 2 is 1.25 bits per heavy atom. The van der Waals surface area contributed by atoms with Crippen LogP contribution in [-0.2, 0) is 17.3 Å². The molecule has 7 aromatic rings. The maximum Gasteiger partial charge on any atom is 0.0227 e. The van der Waals surface area contributed by atoms with Crippen LogP contribution in [0.3, 0.4) is 0 Å². The lowest BCUT2D eigenvalue weighted by Gasteiger charge is -2.29. The van der Waals surface area contributed by atoms with E-state index in [9.17, 15) is 0 Å². The van der Waals surface area contributed by atoms with Gasteiger partial charge in [-0.25, -0.2) is 0 Å². The van der Waals surface area contributed by atoms with E-state index in [1.165, 1.54) is 99.8 Å². The lowest BCUT2D eigenvalue weighted by molar-refractivity contribution is 0.583. The van der Waals surface area contributed by atoms with Crippen LogP contribution >= 0.6 is 20.7 Å². The van der Waals surface area contributed by atoms with E-state index in [1.54, 1.807) is 0 Å². The summed E-state index contributed by atoms with van der Waals surface area (Å²) in [6, 6.07) is 51.3. The maximum atomic E-state index is 2.51. The van der Waals surface area contributed by atoms with Gasteiger partial charge in [-0.15, -0.1) is 0 Å². The molecular weight excluding hydrogens is 727 g/mol. The van der Waals surface area contributed by atoms with Gasteiger partial charge in [0, 0.05) is 10.8 Å². The SMILES string of the molecule is Cc1ccc2cc(-c3cccc4c3C(C)(C)c3ccc(CC5(C)c6ccccc6-c6ccc(-c7ccc8c(c7)C=CI=C8)cc65)cc3-4)ccc2c1. The molecule has 0 aromatic heterocycles. The third-order valence-electron chi connectivity index (χ3n) is 11.9. The van der Waals surface area contributed by atoms with Gasteiger partial charge in [-0.3, -0.25) is 0 Å². The first-order chi connectivity index (χ1) is 24.8. The number of fused-ring (bicyclic) bond motifs is 8. The number of benzene rings is 7. The van der Waals surface area contributed by atoms with Gasteiger partial charge in [0.15, 0.2) is 0 Å². The molecule has 1 heteroatoms. The van der Waals surface area contributed by atoms with Crippen molar-refractivity contribution in [2.45, 2.75) is 44.9 Å². The molecule has 0 radical (unpaired) electrons. The minimum atomic E-state index is -0.148. The molecule has 7 aromatic carbocycles. The lowest BCUT2D eigenvalue weighted by Crippen LogP contribution is -2.24. The van der Waals surface area contributed by atoms with Gasteiger partial charge in [0.2, 0.25) is 0 Å². The van der Waals surface area contributed by atoms with Gasteiger partial charge in [-0.2, -0.15) is 0 Å². The van der Waals surface area contributed by atoms with Crippen molar-refractivity contribution in [3.63, 3.8) is 0 Å². The summed E-state index contributed by atoms with van der Waals surface area (Å²) in [4.78, 5) is 0. The number of hydrogen-bond acceptors (Lipinski definition) is 0. The molecule has 2 aliphatic carbocycles. The summed E-state index contributed by atoms with van der Waals surface area (Å²) in [6.07, 6.45) is 3.26. The lowest BCUT2D eigenvalue weighted by atomic mass is 9.74. The van der Waals surface area contributed by atoms with Gasteiger partial charge in [0.05, 0.1) is 0 Å². The number of hydrogen-bond donors (Lipinski definition) is 0. The zero-order chi connectivity index (χ0) is 34.5. The van der Waals surface area contributed by atoms with E-state index >= 15 is 0 Å². The van der Waals surface area contributed by atoms with Crippen molar-refractivity contribution < 1.29 is 0 Å². The molecule has 10 rings (SSSR count). The smallest absolute Gasteiger partial charge is 0.0227 e. The molecule has 0 saturated heterocycles. The van der Waals surface area contributed by atoms with Crippen molar-refractivity contribution in [3.8, 4) is 44.5 Å². The largest absolute Gasteiger partial charge is 0.0931 e. The van der Waals surface area contributed by atoms with E-state index in [1.807, 2.05) is 0 Å². The fraction of sp³-hybridized carbons (Fsp3) is 0.140. The van der Waals surface area contributed by atoms with Crippen LogP contribution in [0.5, 0.6) is 0 Å². The van der Waals surface area contributed by atoms with E-state index < -0.39 is 0 Å².